The average Bonchev–Trinajstić information content (AvgIpc) is 2.60. The molecule has 3 rings (SSSR count). The number of amides is 1. The molecule has 0 aliphatic carbocycles. The van der Waals surface area contributed by atoms with Gasteiger partial charge in [-0.2, -0.15) is 0 Å². The van der Waals surface area contributed by atoms with Crippen LogP contribution in [0, 0.1) is 5.82 Å². The first-order chi connectivity index (χ1) is 11.6. The molecule has 1 amide bonds. The number of benzene rings is 1. The molecule has 0 unspecified atom stereocenters. The largest absolute Gasteiger partial charge is 0.348 e. The molecule has 7 heteroatoms. The van der Waals surface area contributed by atoms with Crippen LogP contribution in [0.2, 0.25) is 5.02 Å². The molecule has 1 aliphatic rings. The molecular formula is C17H18ClFN4O. The molecule has 1 aliphatic heterocycles. The van der Waals surface area contributed by atoms with Crippen molar-refractivity contribution in [2.45, 2.75) is 25.4 Å². The summed E-state index contributed by atoms with van der Waals surface area (Å²) in [7, 11) is 0. The van der Waals surface area contributed by atoms with E-state index in [2.05, 4.69) is 20.2 Å². The van der Waals surface area contributed by atoms with Crippen LogP contribution in [0.1, 0.15) is 28.9 Å². The lowest BCUT2D eigenvalue weighted by atomic mass is 10.0. The number of carbonyl (C=O) groups excluding carboxylic acids is 1. The SMILES string of the molecule is O=C(NC1CCN(Cc2c(F)cccc2Cl)CC1)c1cnccn1. The maximum absolute atomic E-state index is 13.9. The van der Waals surface area contributed by atoms with Crippen molar-refractivity contribution in [2.75, 3.05) is 13.1 Å². The molecule has 1 fully saturated rings. The minimum absolute atomic E-state index is 0.0897. The summed E-state index contributed by atoms with van der Waals surface area (Å²) in [5.41, 5.74) is 0.847. The summed E-state index contributed by atoms with van der Waals surface area (Å²) >= 11 is 6.08. The predicted octanol–water partition coefficient (Wildman–Crippen LogP) is 2.66. The number of likely N-dealkylation sites (tertiary alicyclic amines) is 1. The molecule has 1 aromatic carbocycles. The molecular weight excluding hydrogens is 331 g/mol. The van der Waals surface area contributed by atoms with E-state index in [0.29, 0.717) is 22.8 Å². The van der Waals surface area contributed by atoms with Crippen molar-refractivity contribution in [1.82, 2.24) is 20.2 Å². The zero-order chi connectivity index (χ0) is 16.9. The van der Waals surface area contributed by atoms with Crippen molar-refractivity contribution in [3.05, 3.63) is 58.9 Å². The Morgan fingerprint density at radius 2 is 2.12 bits per heavy atom. The molecule has 5 nitrogen and oxygen atoms in total. The fourth-order valence-electron chi connectivity index (χ4n) is 2.82. The first-order valence-electron chi connectivity index (χ1n) is 7.85. The monoisotopic (exact) mass is 348 g/mol. The van der Waals surface area contributed by atoms with E-state index in [0.717, 1.165) is 25.9 Å². The van der Waals surface area contributed by atoms with Gasteiger partial charge in [-0.05, 0) is 25.0 Å². The van der Waals surface area contributed by atoms with Crippen LogP contribution in [0.3, 0.4) is 0 Å². The van der Waals surface area contributed by atoms with Gasteiger partial charge in [0.15, 0.2) is 0 Å². The van der Waals surface area contributed by atoms with Crippen molar-refractivity contribution in [3.63, 3.8) is 0 Å². The van der Waals surface area contributed by atoms with Crippen molar-refractivity contribution in [3.8, 4) is 0 Å². The Bertz CT molecular complexity index is 685. The molecule has 1 N–H and O–H groups in total. The Morgan fingerprint density at radius 1 is 1.33 bits per heavy atom. The van der Waals surface area contributed by atoms with Crippen molar-refractivity contribution in [1.29, 1.82) is 0 Å². The van der Waals surface area contributed by atoms with Gasteiger partial charge in [0.05, 0.1) is 6.20 Å². The third-order valence-corrected chi connectivity index (χ3v) is 4.52. The highest BCUT2D eigenvalue weighted by atomic mass is 35.5. The van der Waals surface area contributed by atoms with Crippen LogP contribution < -0.4 is 5.32 Å². The van der Waals surface area contributed by atoms with Gasteiger partial charge >= 0.3 is 0 Å². The first kappa shape index (κ1) is 16.8. The van der Waals surface area contributed by atoms with Gasteiger partial charge in [0.2, 0.25) is 0 Å². The molecule has 126 valence electrons. The van der Waals surface area contributed by atoms with E-state index in [1.165, 1.54) is 24.7 Å². The molecule has 0 radical (unpaired) electrons. The standard InChI is InChI=1S/C17H18ClFN4O/c18-14-2-1-3-15(19)13(14)11-23-8-4-12(5-9-23)22-17(24)16-10-20-6-7-21-16/h1-3,6-7,10,12H,4-5,8-9,11H2,(H,22,24). The number of halogens is 2. The lowest BCUT2D eigenvalue weighted by Crippen LogP contribution is -2.44. The summed E-state index contributed by atoms with van der Waals surface area (Å²) in [4.78, 5) is 22.1. The quantitative estimate of drug-likeness (QED) is 0.923. The topological polar surface area (TPSA) is 58.1 Å². The van der Waals surface area contributed by atoms with Gasteiger partial charge < -0.3 is 5.32 Å². The molecule has 2 heterocycles. The highest BCUT2D eigenvalue weighted by Gasteiger charge is 2.22. The van der Waals surface area contributed by atoms with Gasteiger partial charge in [0.1, 0.15) is 11.5 Å². The van der Waals surface area contributed by atoms with Gasteiger partial charge in [-0.25, -0.2) is 9.37 Å². The van der Waals surface area contributed by atoms with Gasteiger partial charge in [0.25, 0.3) is 5.91 Å². The summed E-state index contributed by atoms with van der Waals surface area (Å²) < 4.78 is 13.9. The zero-order valence-corrected chi connectivity index (χ0v) is 13.8. The fourth-order valence-corrected chi connectivity index (χ4v) is 3.04. The third-order valence-electron chi connectivity index (χ3n) is 4.16. The van der Waals surface area contributed by atoms with Crippen LogP contribution in [0.25, 0.3) is 0 Å². The predicted molar refractivity (Wildman–Crippen MR) is 89.2 cm³/mol. The van der Waals surface area contributed by atoms with E-state index >= 15 is 0 Å². The van der Waals surface area contributed by atoms with Crippen LogP contribution in [0.5, 0.6) is 0 Å². The maximum atomic E-state index is 13.9. The summed E-state index contributed by atoms with van der Waals surface area (Å²) in [6.07, 6.45) is 6.08. The van der Waals surface area contributed by atoms with Gasteiger partial charge in [0, 0.05) is 48.7 Å². The van der Waals surface area contributed by atoms with E-state index in [1.54, 1.807) is 12.1 Å². The van der Waals surface area contributed by atoms with E-state index < -0.39 is 0 Å². The number of rotatable bonds is 4. The summed E-state index contributed by atoms with van der Waals surface area (Å²) in [5.74, 6) is -0.487. The molecule has 24 heavy (non-hydrogen) atoms. The minimum atomic E-state index is -0.277. The first-order valence-corrected chi connectivity index (χ1v) is 8.23. The van der Waals surface area contributed by atoms with Crippen LogP contribution in [0.4, 0.5) is 4.39 Å². The summed E-state index contributed by atoms with van der Waals surface area (Å²) in [6, 6.07) is 4.82. The third kappa shape index (κ3) is 4.07. The van der Waals surface area contributed by atoms with Crippen molar-refractivity contribution in [2.24, 2.45) is 0 Å². The second-order valence-corrected chi connectivity index (χ2v) is 6.22. The normalized spacial score (nSPS) is 16.1. The molecule has 0 saturated carbocycles. The highest BCUT2D eigenvalue weighted by molar-refractivity contribution is 6.31. The fraction of sp³-hybridized carbons (Fsp3) is 0.353. The lowest BCUT2D eigenvalue weighted by Gasteiger charge is -2.32. The Labute approximate surface area is 144 Å². The van der Waals surface area contributed by atoms with Crippen LogP contribution >= 0.6 is 11.6 Å². The van der Waals surface area contributed by atoms with Crippen LogP contribution in [0.15, 0.2) is 36.8 Å². The summed E-state index contributed by atoms with van der Waals surface area (Å²) in [5, 5.41) is 3.43. The maximum Gasteiger partial charge on any atom is 0.271 e. The molecule has 1 aromatic heterocycles. The minimum Gasteiger partial charge on any atom is -0.348 e. The van der Waals surface area contributed by atoms with E-state index in [4.69, 9.17) is 11.6 Å². The second-order valence-electron chi connectivity index (χ2n) is 5.81. The van der Waals surface area contributed by atoms with Gasteiger partial charge in [-0.1, -0.05) is 17.7 Å². The van der Waals surface area contributed by atoms with Crippen LogP contribution in [-0.2, 0) is 6.54 Å². The Kier molecular flexibility index (Phi) is 5.37. The molecule has 1 saturated heterocycles. The Morgan fingerprint density at radius 3 is 2.79 bits per heavy atom. The number of piperidine rings is 1. The molecule has 0 bridgehead atoms. The summed E-state index contributed by atoms with van der Waals surface area (Å²) in [6.45, 7) is 2.03. The van der Waals surface area contributed by atoms with Crippen LogP contribution in [-0.4, -0.2) is 39.9 Å². The number of nitrogens with one attached hydrogen (secondary N) is 1. The van der Waals surface area contributed by atoms with Gasteiger partial charge in [-0.3, -0.25) is 14.7 Å². The number of hydrogen-bond donors (Lipinski definition) is 1. The lowest BCUT2D eigenvalue weighted by molar-refractivity contribution is 0.0903. The average molecular weight is 349 g/mol. The van der Waals surface area contributed by atoms with E-state index in [-0.39, 0.29) is 17.8 Å². The smallest absolute Gasteiger partial charge is 0.271 e. The number of hydrogen-bond acceptors (Lipinski definition) is 4. The van der Waals surface area contributed by atoms with E-state index in [1.807, 2.05) is 0 Å². The number of aromatic nitrogens is 2. The highest BCUT2D eigenvalue weighted by Crippen LogP contribution is 2.22. The van der Waals surface area contributed by atoms with Crippen molar-refractivity contribution < 1.29 is 9.18 Å². The molecule has 0 spiro atoms. The molecule has 2 aromatic rings. The molecule has 0 atom stereocenters. The van der Waals surface area contributed by atoms with E-state index in [9.17, 15) is 9.18 Å². The second kappa shape index (κ2) is 7.68. The number of carbonyl (C=O) groups is 1. The zero-order valence-electron chi connectivity index (χ0n) is 13.1. The van der Waals surface area contributed by atoms with Gasteiger partial charge in [-0.15, -0.1) is 0 Å². The number of nitrogens with zero attached hydrogens (tertiary/aromatic N) is 3. The van der Waals surface area contributed by atoms with Crippen molar-refractivity contribution >= 4 is 17.5 Å². The Balaban J connectivity index is 1.52. The Hall–Kier alpha value is -2.05.